The molecule has 5 nitrogen and oxygen atoms in total. The summed E-state index contributed by atoms with van der Waals surface area (Å²) in [5, 5.41) is 16.1. The number of benzene rings is 2. The molecule has 0 amide bonds. The zero-order valence-corrected chi connectivity index (χ0v) is 13.6. The largest absolute Gasteiger partial charge is 0.365 e. The molecule has 0 spiro atoms. The number of hydrogen-bond acceptors (Lipinski definition) is 4. The molecule has 25 heavy (non-hydrogen) atoms. The van der Waals surface area contributed by atoms with E-state index in [9.17, 15) is 4.39 Å². The Morgan fingerprint density at radius 1 is 0.920 bits per heavy atom. The SMILES string of the molecule is Cc1ccc(CNc2ccc3nnc(-c4ccc(F)cc4)n3n2)cc1. The van der Waals surface area contributed by atoms with Gasteiger partial charge in [0.25, 0.3) is 0 Å². The van der Waals surface area contributed by atoms with E-state index in [2.05, 4.69) is 51.8 Å². The van der Waals surface area contributed by atoms with Gasteiger partial charge in [-0.05, 0) is 48.9 Å². The van der Waals surface area contributed by atoms with Crippen molar-refractivity contribution in [2.24, 2.45) is 0 Å². The first-order valence-corrected chi connectivity index (χ1v) is 7.97. The molecule has 4 rings (SSSR count). The number of rotatable bonds is 4. The molecule has 6 heteroatoms. The summed E-state index contributed by atoms with van der Waals surface area (Å²) in [5.41, 5.74) is 3.81. The van der Waals surface area contributed by atoms with E-state index in [0.717, 1.165) is 11.4 Å². The van der Waals surface area contributed by atoms with Crippen molar-refractivity contribution >= 4 is 11.5 Å². The van der Waals surface area contributed by atoms with E-state index in [0.29, 0.717) is 18.0 Å². The van der Waals surface area contributed by atoms with Crippen molar-refractivity contribution < 1.29 is 4.39 Å². The molecule has 0 saturated carbocycles. The number of hydrogen-bond donors (Lipinski definition) is 1. The van der Waals surface area contributed by atoms with Gasteiger partial charge in [0.2, 0.25) is 0 Å². The molecule has 0 radical (unpaired) electrons. The Kier molecular flexibility index (Phi) is 3.85. The van der Waals surface area contributed by atoms with Crippen LogP contribution in [0, 0.1) is 12.7 Å². The van der Waals surface area contributed by atoms with E-state index >= 15 is 0 Å². The van der Waals surface area contributed by atoms with Crippen LogP contribution < -0.4 is 5.32 Å². The molecule has 2 aromatic heterocycles. The van der Waals surface area contributed by atoms with Gasteiger partial charge in [0.05, 0.1) is 0 Å². The standard InChI is InChI=1S/C19H16FN5/c1-13-2-4-14(5-3-13)12-21-17-10-11-18-22-23-19(25(18)24-17)15-6-8-16(20)9-7-15/h2-11H,12H2,1H3,(H,21,24). The summed E-state index contributed by atoms with van der Waals surface area (Å²) in [6.07, 6.45) is 0. The minimum absolute atomic E-state index is 0.286. The van der Waals surface area contributed by atoms with E-state index in [1.807, 2.05) is 12.1 Å². The van der Waals surface area contributed by atoms with Crippen molar-refractivity contribution in [1.29, 1.82) is 0 Å². The van der Waals surface area contributed by atoms with Gasteiger partial charge in [0.15, 0.2) is 11.5 Å². The molecule has 0 aliphatic rings. The van der Waals surface area contributed by atoms with Crippen LogP contribution in [0.4, 0.5) is 10.2 Å². The van der Waals surface area contributed by atoms with Crippen LogP contribution in [0.2, 0.25) is 0 Å². The van der Waals surface area contributed by atoms with Crippen molar-refractivity contribution in [3.05, 3.63) is 77.6 Å². The highest BCUT2D eigenvalue weighted by Crippen LogP contribution is 2.19. The van der Waals surface area contributed by atoms with Crippen molar-refractivity contribution in [3.63, 3.8) is 0 Å². The van der Waals surface area contributed by atoms with Crippen LogP contribution in [0.3, 0.4) is 0 Å². The Morgan fingerprint density at radius 3 is 2.44 bits per heavy atom. The van der Waals surface area contributed by atoms with Crippen LogP contribution in [0.15, 0.2) is 60.7 Å². The summed E-state index contributed by atoms with van der Waals surface area (Å²) in [4.78, 5) is 0. The molecule has 0 fully saturated rings. The predicted molar refractivity (Wildman–Crippen MR) is 94.7 cm³/mol. The van der Waals surface area contributed by atoms with E-state index in [1.165, 1.54) is 23.3 Å². The van der Waals surface area contributed by atoms with Gasteiger partial charge in [0.1, 0.15) is 11.6 Å². The average molecular weight is 333 g/mol. The van der Waals surface area contributed by atoms with Crippen LogP contribution in [-0.2, 0) is 6.54 Å². The number of anilines is 1. The number of aromatic nitrogens is 4. The van der Waals surface area contributed by atoms with Crippen LogP contribution >= 0.6 is 0 Å². The average Bonchev–Trinajstić information content (AvgIpc) is 3.05. The van der Waals surface area contributed by atoms with Crippen molar-refractivity contribution in [2.75, 3.05) is 5.32 Å². The molecule has 0 aliphatic carbocycles. The monoisotopic (exact) mass is 333 g/mol. The topological polar surface area (TPSA) is 55.1 Å². The van der Waals surface area contributed by atoms with Crippen LogP contribution in [0.25, 0.3) is 17.0 Å². The van der Waals surface area contributed by atoms with Gasteiger partial charge in [-0.2, -0.15) is 4.52 Å². The molecule has 2 heterocycles. The molecular formula is C19H16FN5. The molecule has 0 unspecified atom stereocenters. The molecular weight excluding hydrogens is 317 g/mol. The van der Waals surface area contributed by atoms with Crippen LogP contribution in [0.1, 0.15) is 11.1 Å². The fraction of sp³-hybridized carbons (Fsp3) is 0.105. The summed E-state index contributed by atoms with van der Waals surface area (Å²) < 4.78 is 14.8. The lowest BCUT2D eigenvalue weighted by Gasteiger charge is -2.07. The Hall–Kier alpha value is -3.28. The van der Waals surface area contributed by atoms with Gasteiger partial charge in [-0.1, -0.05) is 29.8 Å². The second kappa shape index (κ2) is 6.32. The van der Waals surface area contributed by atoms with Gasteiger partial charge < -0.3 is 5.32 Å². The molecule has 4 aromatic rings. The highest BCUT2D eigenvalue weighted by atomic mass is 19.1. The summed E-state index contributed by atoms with van der Waals surface area (Å²) in [7, 11) is 0. The second-order valence-corrected chi connectivity index (χ2v) is 5.86. The Morgan fingerprint density at radius 2 is 1.68 bits per heavy atom. The lowest BCUT2D eigenvalue weighted by Crippen LogP contribution is -2.04. The Balaban J connectivity index is 1.61. The van der Waals surface area contributed by atoms with Crippen LogP contribution in [-0.4, -0.2) is 19.8 Å². The van der Waals surface area contributed by atoms with Crippen molar-refractivity contribution in [1.82, 2.24) is 19.8 Å². The number of nitrogens with zero attached hydrogens (tertiary/aromatic N) is 4. The molecule has 0 atom stereocenters. The second-order valence-electron chi connectivity index (χ2n) is 5.86. The van der Waals surface area contributed by atoms with Crippen LogP contribution in [0.5, 0.6) is 0 Å². The number of nitrogens with one attached hydrogen (secondary N) is 1. The minimum Gasteiger partial charge on any atom is -0.365 e. The quantitative estimate of drug-likeness (QED) is 0.616. The van der Waals surface area contributed by atoms with E-state index in [4.69, 9.17) is 0 Å². The van der Waals surface area contributed by atoms with Gasteiger partial charge >= 0.3 is 0 Å². The number of halogens is 1. The van der Waals surface area contributed by atoms with Crippen molar-refractivity contribution in [2.45, 2.75) is 13.5 Å². The zero-order valence-electron chi connectivity index (χ0n) is 13.6. The smallest absolute Gasteiger partial charge is 0.185 e. The molecule has 1 N–H and O–H groups in total. The lowest BCUT2D eigenvalue weighted by atomic mass is 10.1. The molecule has 124 valence electrons. The van der Waals surface area contributed by atoms with Gasteiger partial charge in [-0.25, -0.2) is 4.39 Å². The number of fused-ring (bicyclic) bond motifs is 1. The molecule has 0 bridgehead atoms. The normalized spacial score (nSPS) is 11.0. The summed E-state index contributed by atoms with van der Waals surface area (Å²) in [6, 6.07) is 18.2. The Labute approximate surface area is 144 Å². The Bertz CT molecular complexity index is 1010. The highest BCUT2D eigenvalue weighted by molar-refractivity contribution is 5.59. The molecule has 0 aliphatic heterocycles. The van der Waals surface area contributed by atoms with E-state index in [-0.39, 0.29) is 5.82 Å². The third-order valence-corrected chi connectivity index (χ3v) is 3.96. The predicted octanol–water partition coefficient (Wildman–Crippen LogP) is 3.85. The maximum atomic E-state index is 13.1. The van der Waals surface area contributed by atoms with Gasteiger partial charge in [-0.3, -0.25) is 0 Å². The molecule has 0 saturated heterocycles. The molecule has 2 aromatic carbocycles. The van der Waals surface area contributed by atoms with E-state index < -0.39 is 0 Å². The summed E-state index contributed by atoms with van der Waals surface area (Å²) in [5.74, 6) is 1.01. The zero-order chi connectivity index (χ0) is 17.2. The van der Waals surface area contributed by atoms with Gasteiger partial charge in [-0.15, -0.1) is 15.3 Å². The fourth-order valence-electron chi connectivity index (χ4n) is 2.56. The summed E-state index contributed by atoms with van der Waals surface area (Å²) in [6.45, 7) is 2.74. The number of aryl methyl sites for hydroxylation is 1. The van der Waals surface area contributed by atoms with Gasteiger partial charge in [0, 0.05) is 12.1 Å². The maximum Gasteiger partial charge on any atom is 0.185 e. The first kappa shape index (κ1) is 15.3. The fourth-order valence-corrected chi connectivity index (χ4v) is 2.56. The first-order chi connectivity index (χ1) is 12.2. The maximum absolute atomic E-state index is 13.1. The van der Waals surface area contributed by atoms with E-state index in [1.54, 1.807) is 16.6 Å². The highest BCUT2D eigenvalue weighted by Gasteiger charge is 2.10. The minimum atomic E-state index is -0.286. The van der Waals surface area contributed by atoms with Crippen molar-refractivity contribution in [3.8, 4) is 11.4 Å². The first-order valence-electron chi connectivity index (χ1n) is 7.97. The third kappa shape index (κ3) is 3.19. The summed E-state index contributed by atoms with van der Waals surface area (Å²) >= 11 is 0. The third-order valence-electron chi connectivity index (χ3n) is 3.96. The lowest BCUT2D eigenvalue weighted by molar-refractivity contribution is 0.628.